The van der Waals surface area contributed by atoms with E-state index in [1.165, 1.54) is 22.8 Å². The van der Waals surface area contributed by atoms with Crippen LogP contribution in [0.1, 0.15) is 5.56 Å². The average Bonchev–Trinajstić information content (AvgIpc) is 3.12. The van der Waals surface area contributed by atoms with Crippen molar-refractivity contribution >= 4 is 33.3 Å². The SMILES string of the molecule is COC(=O)C1CN(Cc2cc(-c3csc4ccccc34)ccc2OCC(N)=O)C1. The molecule has 2 N–H and O–H groups in total. The molecule has 0 saturated carbocycles. The monoisotopic (exact) mass is 410 g/mol. The van der Waals surface area contributed by atoms with Crippen LogP contribution in [0.3, 0.4) is 0 Å². The number of benzene rings is 2. The van der Waals surface area contributed by atoms with Gasteiger partial charge in [0.25, 0.3) is 5.91 Å². The van der Waals surface area contributed by atoms with Gasteiger partial charge in [0.15, 0.2) is 6.61 Å². The molecule has 1 aromatic heterocycles. The highest BCUT2D eigenvalue weighted by atomic mass is 32.1. The third kappa shape index (κ3) is 4.11. The summed E-state index contributed by atoms with van der Waals surface area (Å²) < 4.78 is 11.7. The van der Waals surface area contributed by atoms with Crippen LogP contribution in [0.15, 0.2) is 47.8 Å². The zero-order valence-electron chi connectivity index (χ0n) is 16.1. The molecule has 0 spiro atoms. The highest BCUT2D eigenvalue weighted by Crippen LogP contribution is 2.36. The summed E-state index contributed by atoms with van der Waals surface area (Å²) in [6, 6.07) is 14.3. The van der Waals surface area contributed by atoms with Crippen molar-refractivity contribution < 1.29 is 19.1 Å². The first-order valence-corrected chi connectivity index (χ1v) is 10.2. The first-order chi connectivity index (χ1) is 14.0. The molecule has 2 heterocycles. The molecule has 2 aromatic carbocycles. The van der Waals surface area contributed by atoms with Crippen molar-refractivity contribution in [2.75, 3.05) is 26.8 Å². The number of methoxy groups -OCH3 is 1. The lowest BCUT2D eigenvalue weighted by Crippen LogP contribution is -2.50. The first kappa shape index (κ1) is 19.4. The maximum Gasteiger partial charge on any atom is 0.311 e. The van der Waals surface area contributed by atoms with E-state index < -0.39 is 5.91 Å². The second-order valence-corrected chi connectivity index (χ2v) is 8.05. The Kier molecular flexibility index (Phi) is 5.51. The molecule has 1 saturated heterocycles. The van der Waals surface area contributed by atoms with E-state index in [0.29, 0.717) is 25.4 Å². The minimum absolute atomic E-state index is 0.0843. The Morgan fingerprint density at radius 3 is 2.76 bits per heavy atom. The summed E-state index contributed by atoms with van der Waals surface area (Å²) in [6.45, 7) is 1.75. The fraction of sp³-hybridized carbons (Fsp3) is 0.273. The normalized spacial score (nSPS) is 14.5. The Hall–Kier alpha value is -2.90. The predicted molar refractivity (Wildman–Crippen MR) is 113 cm³/mol. The molecule has 1 fully saturated rings. The Balaban J connectivity index is 1.61. The van der Waals surface area contributed by atoms with Gasteiger partial charge in [0, 0.05) is 40.8 Å². The number of fused-ring (bicyclic) bond motifs is 1. The zero-order chi connectivity index (χ0) is 20.4. The fourth-order valence-corrected chi connectivity index (χ4v) is 4.59. The number of nitrogens with two attached hydrogens (primary N) is 1. The van der Waals surface area contributed by atoms with Crippen molar-refractivity contribution in [1.82, 2.24) is 4.90 Å². The van der Waals surface area contributed by atoms with E-state index in [4.69, 9.17) is 15.2 Å². The average molecular weight is 410 g/mol. The Morgan fingerprint density at radius 1 is 1.21 bits per heavy atom. The van der Waals surface area contributed by atoms with Crippen LogP contribution in [-0.2, 0) is 20.9 Å². The summed E-state index contributed by atoms with van der Waals surface area (Å²) >= 11 is 1.71. The van der Waals surface area contributed by atoms with E-state index in [0.717, 1.165) is 11.1 Å². The second-order valence-electron chi connectivity index (χ2n) is 7.14. The molecule has 0 atom stereocenters. The fourth-order valence-electron chi connectivity index (χ4n) is 3.62. The number of hydrogen-bond acceptors (Lipinski definition) is 6. The van der Waals surface area contributed by atoms with Crippen molar-refractivity contribution in [3.8, 4) is 16.9 Å². The summed E-state index contributed by atoms with van der Waals surface area (Å²) in [6.07, 6.45) is 0. The second kappa shape index (κ2) is 8.23. The number of nitrogens with zero attached hydrogens (tertiary/aromatic N) is 1. The molecule has 4 rings (SSSR count). The van der Waals surface area contributed by atoms with Gasteiger partial charge in [0.1, 0.15) is 5.75 Å². The molecule has 1 amide bonds. The van der Waals surface area contributed by atoms with E-state index in [1.54, 1.807) is 11.3 Å². The molecule has 0 bridgehead atoms. The van der Waals surface area contributed by atoms with Crippen LogP contribution in [0.5, 0.6) is 5.75 Å². The van der Waals surface area contributed by atoms with Gasteiger partial charge in [-0.15, -0.1) is 11.3 Å². The number of ether oxygens (including phenoxy) is 2. The molecular formula is C22H22N2O4S. The number of rotatable bonds is 7. The molecule has 150 valence electrons. The topological polar surface area (TPSA) is 81.9 Å². The largest absolute Gasteiger partial charge is 0.483 e. The van der Waals surface area contributed by atoms with Crippen molar-refractivity contribution in [2.24, 2.45) is 11.7 Å². The number of primary amides is 1. The summed E-state index contributed by atoms with van der Waals surface area (Å²) in [5.41, 5.74) is 8.46. The summed E-state index contributed by atoms with van der Waals surface area (Å²) in [7, 11) is 1.41. The molecule has 6 nitrogen and oxygen atoms in total. The number of amides is 1. The molecule has 3 aromatic rings. The molecule has 7 heteroatoms. The van der Waals surface area contributed by atoms with Crippen LogP contribution < -0.4 is 10.5 Å². The summed E-state index contributed by atoms with van der Waals surface area (Å²) in [5, 5.41) is 3.37. The van der Waals surface area contributed by atoms with E-state index >= 15 is 0 Å². The number of carbonyl (C=O) groups excluding carboxylic acids is 2. The Bertz CT molecular complexity index is 1060. The number of esters is 1. The third-order valence-electron chi connectivity index (χ3n) is 5.11. The lowest BCUT2D eigenvalue weighted by molar-refractivity contribution is -0.151. The minimum Gasteiger partial charge on any atom is -0.483 e. The Labute approximate surface area is 172 Å². The minimum atomic E-state index is -0.515. The van der Waals surface area contributed by atoms with Gasteiger partial charge in [-0.3, -0.25) is 14.5 Å². The molecule has 29 heavy (non-hydrogen) atoms. The van der Waals surface area contributed by atoms with Crippen LogP contribution >= 0.6 is 11.3 Å². The standard InChI is InChI=1S/C22H22N2O4S/c1-27-22(26)16-10-24(11-16)9-15-8-14(6-7-19(15)28-12-21(23)25)18-13-29-20-5-3-2-4-17(18)20/h2-8,13,16H,9-12H2,1H3,(H2,23,25). The van der Waals surface area contributed by atoms with Gasteiger partial charge in [0.05, 0.1) is 13.0 Å². The van der Waals surface area contributed by atoms with E-state index in [-0.39, 0.29) is 18.5 Å². The molecule has 0 unspecified atom stereocenters. The van der Waals surface area contributed by atoms with Gasteiger partial charge < -0.3 is 15.2 Å². The van der Waals surface area contributed by atoms with Crippen molar-refractivity contribution in [3.63, 3.8) is 0 Å². The van der Waals surface area contributed by atoms with Crippen molar-refractivity contribution in [1.29, 1.82) is 0 Å². The maximum atomic E-state index is 11.6. The Morgan fingerprint density at radius 2 is 2.00 bits per heavy atom. The van der Waals surface area contributed by atoms with E-state index in [2.05, 4.69) is 28.5 Å². The van der Waals surface area contributed by atoms with Gasteiger partial charge in [-0.25, -0.2) is 0 Å². The molecule has 0 radical (unpaired) electrons. The predicted octanol–water partition coefficient (Wildman–Crippen LogP) is 3.04. The quantitative estimate of drug-likeness (QED) is 0.606. The highest BCUT2D eigenvalue weighted by Gasteiger charge is 2.33. The van der Waals surface area contributed by atoms with Gasteiger partial charge in [-0.2, -0.15) is 0 Å². The van der Waals surface area contributed by atoms with E-state index in [1.807, 2.05) is 24.3 Å². The van der Waals surface area contributed by atoms with Crippen LogP contribution in [0.4, 0.5) is 0 Å². The van der Waals surface area contributed by atoms with Gasteiger partial charge in [0.2, 0.25) is 0 Å². The lowest BCUT2D eigenvalue weighted by atomic mass is 9.97. The summed E-state index contributed by atoms with van der Waals surface area (Å²) in [4.78, 5) is 25.0. The van der Waals surface area contributed by atoms with Crippen LogP contribution in [0, 0.1) is 5.92 Å². The van der Waals surface area contributed by atoms with E-state index in [9.17, 15) is 9.59 Å². The maximum absolute atomic E-state index is 11.6. The van der Waals surface area contributed by atoms with Gasteiger partial charge in [-0.1, -0.05) is 24.3 Å². The van der Waals surface area contributed by atoms with Crippen LogP contribution in [-0.4, -0.2) is 43.6 Å². The lowest BCUT2D eigenvalue weighted by Gasteiger charge is -2.37. The third-order valence-corrected chi connectivity index (χ3v) is 6.07. The first-order valence-electron chi connectivity index (χ1n) is 9.36. The molecule has 0 aliphatic carbocycles. The number of carbonyl (C=O) groups is 2. The van der Waals surface area contributed by atoms with Gasteiger partial charge in [-0.05, 0) is 29.1 Å². The number of likely N-dealkylation sites (tertiary alicyclic amines) is 1. The summed E-state index contributed by atoms with van der Waals surface area (Å²) in [5.74, 6) is -0.143. The van der Waals surface area contributed by atoms with Crippen molar-refractivity contribution in [2.45, 2.75) is 6.54 Å². The molecule has 1 aliphatic rings. The molecule has 1 aliphatic heterocycles. The number of thiophene rings is 1. The zero-order valence-corrected chi connectivity index (χ0v) is 16.9. The smallest absolute Gasteiger partial charge is 0.311 e. The van der Waals surface area contributed by atoms with Crippen molar-refractivity contribution in [3.05, 3.63) is 53.4 Å². The van der Waals surface area contributed by atoms with Gasteiger partial charge >= 0.3 is 5.97 Å². The molecular weight excluding hydrogens is 388 g/mol. The number of hydrogen-bond donors (Lipinski definition) is 1. The highest BCUT2D eigenvalue weighted by molar-refractivity contribution is 7.17. The van der Waals surface area contributed by atoms with Crippen LogP contribution in [0.25, 0.3) is 21.2 Å². The van der Waals surface area contributed by atoms with Crippen LogP contribution in [0.2, 0.25) is 0 Å².